The molecule has 0 spiro atoms. The van der Waals surface area contributed by atoms with Crippen LogP contribution in [0.3, 0.4) is 0 Å². The smallest absolute Gasteiger partial charge is 0.259 e. The highest BCUT2D eigenvalue weighted by molar-refractivity contribution is 7.44. The van der Waals surface area contributed by atoms with Crippen molar-refractivity contribution in [3.05, 3.63) is 95.6 Å². The van der Waals surface area contributed by atoms with Crippen molar-refractivity contribution in [2.45, 2.75) is 109 Å². The second kappa shape index (κ2) is 29.5. The normalized spacial score (nSPS) is 13.4. The largest absolute Gasteiger partial charge is 0.497 e. The van der Waals surface area contributed by atoms with Crippen LogP contribution in [-0.2, 0) is 33.8 Å². The van der Waals surface area contributed by atoms with Crippen LogP contribution >= 0.6 is 8.53 Å². The van der Waals surface area contributed by atoms with Crippen LogP contribution in [0.5, 0.6) is 11.5 Å². The van der Waals surface area contributed by atoms with Gasteiger partial charge in [-0.1, -0.05) is 54.6 Å². The highest BCUT2D eigenvalue weighted by Crippen LogP contribution is 2.46. The molecule has 3 N–H and O–H groups in total. The third-order valence-corrected chi connectivity index (χ3v) is 13.5. The highest BCUT2D eigenvalue weighted by Gasteiger charge is 2.39. The topological polar surface area (TPSA) is 160 Å². The Labute approximate surface area is 415 Å². The Morgan fingerprint density at radius 3 is 1.70 bits per heavy atom. The van der Waals surface area contributed by atoms with Gasteiger partial charge in [-0.15, -0.1) is 0 Å². The van der Waals surface area contributed by atoms with Crippen LogP contribution in [0.2, 0.25) is 0 Å². The van der Waals surface area contributed by atoms with Crippen molar-refractivity contribution in [3.63, 3.8) is 0 Å². The SMILES string of the molecule is COc1ccc(C(OCC(COP(OCCC#N)N(C(C)C)C(C)C)NC(=O)C(CCCCNC(=O)CCC[N+](C)(C)C)NC(=O)CCC[N+](C)(C)C)(c2ccccc2)c2ccc(OC)cc2)cc1. The predicted molar refractivity (Wildman–Crippen MR) is 274 cm³/mol. The Morgan fingerprint density at radius 2 is 1.20 bits per heavy atom. The van der Waals surface area contributed by atoms with E-state index in [1.807, 2.05) is 78.9 Å². The van der Waals surface area contributed by atoms with Crippen LogP contribution in [0.25, 0.3) is 0 Å². The Hall–Kier alpha value is -4.65. The minimum absolute atomic E-state index is 0.00654. The maximum Gasteiger partial charge on any atom is 0.259 e. The summed E-state index contributed by atoms with van der Waals surface area (Å²) < 4.78 is 35.1. The Bertz CT molecular complexity index is 1950. The molecular weight excluding hydrogens is 894 g/mol. The zero-order chi connectivity index (χ0) is 51.0. The highest BCUT2D eigenvalue weighted by atomic mass is 31.2. The second-order valence-corrected chi connectivity index (χ2v) is 21.5. The van der Waals surface area contributed by atoms with Gasteiger partial charge in [-0.25, -0.2) is 4.67 Å². The van der Waals surface area contributed by atoms with Gasteiger partial charge in [0, 0.05) is 44.3 Å². The molecule has 3 rings (SSSR count). The Morgan fingerprint density at radius 1 is 0.681 bits per heavy atom. The van der Waals surface area contributed by atoms with E-state index in [1.54, 1.807) is 14.2 Å². The van der Waals surface area contributed by atoms with Gasteiger partial charge < -0.3 is 48.2 Å². The maximum atomic E-state index is 14.8. The number of nitriles is 1. The number of carbonyl (C=O) groups is 3. The first-order valence-corrected chi connectivity index (χ1v) is 25.5. The Kier molecular flexibility index (Phi) is 25.1. The molecule has 69 heavy (non-hydrogen) atoms. The molecule has 3 amide bonds. The maximum absolute atomic E-state index is 14.8. The summed E-state index contributed by atoms with van der Waals surface area (Å²) in [6.07, 6.45) is 3.92. The van der Waals surface area contributed by atoms with Crippen molar-refractivity contribution < 1.29 is 46.6 Å². The summed E-state index contributed by atoms with van der Waals surface area (Å²) >= 11 is 0. The molecule has 3 aromatic rings. The van der Waals surface area contributed by atoms with Gasteiger partial charge in [-0.3, -0.25) is 14.4 Å². The lowest BCUT2D eigenvalue weighted by atomic mass is 9.80. The molecule has 16 heteroatoms. The first-order chi connectivity index (χ1) is 32.7. The van der Waals surface area contributed by atoms with E-state index in [0.29, 0.717) is 54.6 Å². The number of carbonyl (C=O) groups excluding carboxylic acids is 3. The lowest BCUT2D eigenvalue weighted by Crippen LogP contribution is -2.52. The van der Waals surface area contributed by atoms with E-state index >= 15 is 0 Å². The molecule has 0 aromatic heterocycles. The molecule has 15 nitrogen and oxygen atoms in total. The summed E-state index contributed by atoms with van der Waals surface area (Å²) in [6, 6.07) is 26.0. The molecule has 3 unspecified atom stereocenters. The van der Waals surface area contributed by atoms with E-state index in [0.717, 1.165) is 40.7 Å². The molecular formula is C53H84N7O8P+2. The van der Waals surface area contributed by atoms with Gasteiger partial charge in [0.25, 0.3) is 8.53 Å². The fourth-order valence-corrected chi connectivity index (χ4v) is 9.60. The zero-order valence-electron chi connectivity index (χ0n) is 43.7. The molecule has 0 aliphatic heterocycles. The zero-order valence-corrected chi connectivity index (χ0v) is 44.6. The molecule has 0 aliphatic carbocycles. The van der Waals surface area contributed by atoms with E-state index in [2.05, 4.69) is 96.7 Å². The first-order valence-electron chi connectivity index (χ1n) is 24.4. The van der Waals surface area contributed by atoms with Crippen LogP contribution in [0.4, 0.5) is 0 Å². The van der Waals surface area contributed by atoms with Gasteiger partial charge in [0.2, 0.25) is 17.7 Å². The summed E-state index contributed by atoms with van der Waals surface area (Å²) in [5.41, 5.74) is 1.28. The van der Waals surface area contributed by atoms with Gasteiger partial charge in [0.1, 0.15) is 23.1 Å². The standard InChI is InChI=1S/C53H82N7O8P/c1-41(2)58(42(3)4)69(67-38-20-34-54)68-40-46(39-66-53(43-21-14-13-15-22-43,44-26-30-47(64-11)31-27-44)45-28-32-48(65-12)33-29-45)56-52(63)49(57-51(62)25-19-37-60(8,9)10)23-16-17-35-55-50(61)24-18-36-59(5,6)7/h13-15,21-22,26-33,41-42,46,49H,16-20,23-25,35-40H2,1-12H3,(H-2,55,56,57,61,62,63)/p+2. The van der Waals surface area contributed by atoms with Crippen molar-refractivity contribution in [3.8, 4) is 17.6 Å². The van der Waals surface area contributed by atoms with Gasteiger partial charge >= 0.3 is 0 Å². The molecule has 382 valence electrons. The van der Waals surface area contributed by atoms with Crippen LogP contribution < -0.4 is 25.4 Å². The minimum atomic E-state index is -1.69. The molecule has 3 aromatic carbocycles. The van der Waals surface area contributed by atoms with Crippen molar-refractivity contribution in [2.75, 3.05) is 96.0 Å². The molecule has 0 aliphatic rings. The number of methoxy groups -OCH3 is 2. The number of unbranched alkanes of at least 4 members (excludes halogenated alkanes) is 1. The number of ether oxygens (including phenoxy) is 3. The average Bonchev–Trinajstić information content (AvgIpc) is 3.29. The van der Waals surface area contributed by atoms with Crippen LogP contribution in [0.15, 0.2) is 78.9 Å². The number of nitrogens with one attached hydrogen (secondary N) is 3. The number of nitrogens with zero attached hydrogens (tertiary/aromatic N) is 4. The molecule has 0 bridgehead atoms. The van der Waals surface area contributed by atoms with Crippen LogP contribution in [0, 0.1) is 11.3 Å². The van der Waals surface area contributed by atoms with Crippen LogP contribution in [0.1, 0.15) is 95.8 Å². The summed E-state index contributed by atoms with van der Waals surface area (Å²) in [5, 5.41) is 18.7. The number of hydrogen-bond donors (Lipinski definition) is 3. The lowest BCUT2D eigenvalue weighted by Gasteiger charge is -2.38. The molecule has 0 radical (unpaired) electrons. The molecule has 0 heterocycles. The molecule has 0 saturated carbocycles. The molecule has 0 saturated heterocycles. The third kappa shape index (κ3) is 20.7. The number of hydrogen-bond acceptors (Lipinski definition) is 10. The Balaban J connectivity index is 2.06. The average molecular weight is 978 g/mol. The minimum Gasteiger partial charge on any atom is -0.497 e. The number of amides is 3. The fraction of sp³-hybridized carbons (Fsp3) is 0.585. The first kappa shape index (κ1) is 58.7. The summed E-state index contributed by atoms with van der Waals surface area (Å²) in [6.45, 7) is 10.6. The van der Waals surface area contributed by atoms with Crippen molar-refractivity contribution in [2.24, 2.45) is 0 Å². The van der Waals surface area contributed by atoms with Crippen LogP contribution in [-0.4, -0.2) is 151 Å². The van der Waals surface area contributed by atoms with E-state index in [4.69, 9.17) is 23.3 Å². The number of rotatable bonds is 33. The quantitative estimate of drug-likeness (QED) is 0.0241. The predicted octanol–water partition coefficient (Wildman–Crippen LogP) is 7.53. The summed E-state index contributed by atoms with van der Waals surface area (Å²) in [4.78, 5) is 41.0. The van der Waals surface area contributed by atoms with Gasteiger partial charge in [0.15, 0.2) is 0 Å². The lowest BCUT2D eigenvalue weighted by molar-refractivity contribution is -0.870. The van der Waals surface area contributed by atoms with E-state index in [1.165, 1.54) is 0 Å². The van der Waals surface area contributed by atoms with Gasteiger partial charge in [0.05, 0.1) is 108 Å². The van der Waals surface area contributed by atoms with E-state index in [-0.39, 0.29) is 62.5 Å². The fourth-order valence-electron chi connectivity index (χ4n) is 7.95. The molecule has 3 atom stereocenters. The summed E-state index contributed by atoms with van der Waals surface area (Å²) in [5.74, 6) is 0.783. The van der Waals surface area contributed by atoms with E-state index in [9.17, 15) is 19.6 Å². The van der Waals surface area contributed by atoms with E-state index < -0.39 is 26.2 Å². The van der Waals surface area contributed by atoms with Crippen molar-refractivity contribution in [1.29, 1.82) is 5.26 Å². The summed E-state index contributed by atoms with van der Waals surface area (Å²) in [7, 11) is 14.1. The van der Waals surface area contributed by atoms with Gasteiger partial charge in [-0.05, 0) is 87.9 Å². The van der Waals surface area contributed by atoms with Crippen molar-refractivity contribution >= 4 is 26.2 Å². The monoisotopic (exact) mass is 978 g/mol. The van der Waals surface area contributed by atoms with Crippen molar-refractivity contribution in [1.82, 2.24) is 20.6 Å². The number of benzene rings is 3. The number of quaternary nitrogens is 2. The van der Waals surface area contributed by atoms with Gasteiger partial charge in [-0.2, -0.15) is 5.26 Å². The molecule has 0 fully saturated rings. The second-order valence-electron chi connectivity index (χ2n) is 20.1. The third-order valence-electron chi connectivity index (χ3n) is 11.4.